The van der Waals surface area contributed by atoms with Gasteiger partial charge < -0.3 is 9.80 Å². The van der Waals surface area contributed by atoms with Crippen LogP contribution >= 0.6 is 11.8 Å². The number of rotatable bonds is 4. The molecular formula is C18H20F3N2S+. The molecule has 0 amide bonds. The number of nitrogens with one attached hydrogen (secondary N) is 1. The summed E-state index contributed by atoms with van der Waals surface area (Å²) in [5.74, 6) is 0. The highest BCUT2D eigenvalue weighted by Crippen LogP contribution is 2.49. The van der Waals surface area contributed by atoms with E-state index in [0.29, 0.717) is 12.2 Å². The molecule has 128 valence electrons. The molecule has 2 nitrogen and oxygen atoms in total. The molecule has 0 radical (unpaired) electrons. The van der Waals surface area contributed by atoms with Crippen molar-refractivity contribution in [3.8, 4) is 0 Å². The van der Waals surface area contributed by atoms with Crippen LogP contribution in [-0.4, -0.2) is 27.2 Å². The van der Waals surface area contributed by atoms with Crippen molar-refractivity contribution < 1.29 is 18.1 Å². The summed E-state index contributed by atoms with van der Waals surface area (Å²) >= 11 is 1.53. The summed E-state index contributed by atoms with van der Waals surface area (Å²) in [6.45, 7) is 1.68. The van der Waals surface area contributed by atoms with E-state index in [0.717, 1.165) is 28.4 Å². The first-order valence-electron chi connectivity index (χ1n) is 7.91. The van der Waals surface area contributed by atoms with E-state index < -0.39 is 11.7 Å². The van der Waals surface area contributed by atoms with Crippen molar-refractivity contribution >= 4 is 23.1 Å². The lowest BCUT2D eigenvalue weighted by atomic mass is 10.1. The molecule has 0 bridgehead atoms. The quantitative estimate of drug-likeness (QED) is 0.893. The molecule has 0 saturated carbocycles. The Hall–Kier alpha value is -1.66. The Morgan fingerprint density at radius 3 is 2.42 bits per heavy atom. The molecule has 0 saturated heterocycles. The minimum absolute atomic E-state index is 0.593. The van der Waals surface area contributed by atoms with Crippen LogP contribution in [0.1, 0.15) is 12.0 Å². The predicted molar refractivity (Wildman–Crippen MR) is 91.3 cm³/mol. The molecule has 1 aliphatic heterocycles. The average molecular weight is 353 g/mol. The fourth-order valence-electron chi connectivity index (χ4n) is 2.84. The highest BCUT2D eigenvalue weighted by Gasteiger charge is 2.33. The number of para-hydroxylation sites is 1. The van der Waals surface area contributed by atoms with Gasteiger partial charge >= 0.3 is 6.18 Å². The van der Waals surface area contributed by atoms with Crippen molar-refractivity contribution in [1.29, 1.82) is 0 Å². The van der Waals surface area contributed by atoms with Crippen molar-refractivity contribution in [2.45, 2.75) is 22.4 Å². The van der Waals surface area contributed by atoms with Crippen LogP contribution in [0.15, 0.2) is 52.3 Å². The number of anilines is 2. The van der Waals surface area contributed by atoms with Gasteiger partial charge in [-0.3, -0.25) is 0 Å². The van der Waals surface area contributed by atoms with E-state index in [1.807, 2.05) is 29.2 Å². The zero-order chi connectivity index (χ0) is 17.3. The second-order valence-corrected chi connectivity index (χ2v) is 7.30. The Bertz CT molecular complexity index is 728. The van der Waals surface area contributed by atoms with Crippen LogP contribution in [0.3, 0.4) is 0 Å². The second-order valence-electron chi connectivity index (χ2n) is 6.21. The van der Waals surface area contributed by atoms with E-state index in [1.54, 1.807) is 6.07 Å². The summed E-state index contributed by atoms with van der Waals surface area (Å²) in [4.78, 5) is 5.32. The Morgan fingerprint density at radius 2 is 1.71 bits per heavy atom. The largest absolute Gasteiger partial charge is 0.416 e. The van der Waals surface area contributed by atoms with E-state index in [4.69, 9.17) is 0 Å². The minimum Gasteiger partial charge on any atom is -0.340 e. The van der Waals surface area contributed by atoms with Gasteiger partial charge in [-0.1, -0.05) is 23.9 Å². The van der Waals surface area contributed by atoms with Crippen LogP contribution in [0, 0.1) is 0 Å². The summed E-state index contributed by atoms with van der Waals surface area (Å²) in [6.07, 6.45) is -3.41. The first-order valence-corrected chi connectivity index (χ1v) is 8.72. The van der Waals surface area contributed by atoms with Gasteiger partial charge in [0.1, 0.15) is 0 Å². The first-order chi connectivity index (χ1) is 11.4. The molecule has 2 aromatic rings. The van der Waals surface area contributed by atoms with Crippen LogP contribution in [-0.2, 0) is 6.18 Å². The van der Waals surface area contributed by atoms with Gasteiger partial charge in [-0.05, 0) is 30.3 Å². The maximum absolute atomic E-state index is 13.1. The lowest BCUT2D eigenvalue weighted by molar-refractivity contribution is -0.858. The van der Waals surface area contributed by atoms with Crippen molar-refractivity contribution in [1.82, 2.24) is 0 Å². The summed E-state index contributed by atoms with van der Waals surface area (Å²) in [7, 11) is 4.16. The molecule has 24 heavy (non-hydrogen) atoms. The van der Waals surface area contributed by atoms with Crippen LogP contribution < -0.4 is 9.80 Å². The molecular weight excluding hydrogens is 333 g/mol. The Balaban J connectivity index is 1.99. The molecule has 2 aromatic carbocycles. The van der Waals surface area contributed by atoms with Crippen LogP contribution in [0.5, 0.6) is 0 Å². The van der Waals surface area contributed by atoms with E-state index >= 15 is 0 Å². The maximum atomic E-state index is 13.1. The van der Waals surface area contributed by atoms with Gasteiger partial charge in [0.05, 0.1) is 37.6 Å². The third-order valence-electron chi connectivity index (χ3n) is 4.01. The number of hydrogen-bond donors (Lipinski definition) is 1. The fraction of sp³-hybridized carbons (Fsp3) is 0.333. The third-order valence-corrected chi connectivity index (χ3v) is 5.14. The zero-order valence-electron chi connectivity index (χ0n) is 13.7. The first kappa shape index (κ1) is 17.2. The molecule has 0 fully saturated rings. The number of alkyl halides is 3. The van der Waals surface area contributed by atoms with Crippen LogP contribution in [0.2, 0.25) is 0 Å². The molecule has 1 aliphatic rings. The zero-order valence-corrected chi connectivity index (χ0v) is 14.5. The van der Waals surface area contributed by atoms with Gasteiger partial charge in [0.15, 0.2) is 0 Å². The van der Waals surface area contributed by atoms with Crippen molar-refractivity contribution in [3.63, 3.8) is 0 Å². The molecule has 0 aromatic heterocycles. The molecule has 3 rings (SSSR count). The second kappa shape index (κ2) is 6.69. The number of halogens is 3. The SMILES string of the molecule is C[NH+](C)CCCN1c2ccccc2Sc2ccc(C(F)(F)F)cc21. The highest BCUT2D eigenvalue weighted by molar-refractivity contribution is 7.99. The standard InChI is InChI=1S/C18H19F3N2S/c1-22(2)10-5-11-23-14-6-3-4-7-16(14)24-17-9-8-13(12-15(17)23)18(19,20)21/h3-4,6-9,12H,5,10-11H2,1-2H3/p+1. The normalized spacial score (nSPS) is 13.8. The molecule has 0 unspecified atom stereocenters. The molecule has 1 heterocycles. The van der Waals surface area contributed by atoms with Crippen LogP contribution in [0.4, 0.5) is 24.5 Å². The minimum atomic E-state index is -4.32. The number of benzene rings is 2. The number of nitrogens with zero attached hydrogens (tertiary/aromatic N) is 1. The Kier molecular flexibility index (Phi) is 4.78. The van der Waals surface area contributed by atoms with Gasteiger partial charge in [-0.25, -0.2) is 0 Å². The topological polar surface area (TPSA) is 7.68 Å². The summed E-state index contributed by atoms with van der Waals surface area (Å²) in [5.41, 5.74) is 1.05. The van der Waals surface area contributed by atoms with Crippen molar-refractivity contribution in [2.24, 2.45) is 0 Å². The molecule has 0 aliphatic carbocycles. The molecule has 0 atom stereocenters. The Labute approximate surface area is 144 Å². The molecule has 0 spiro atoms. The lowest BCUT2D eigenvalue weighted by Gasteiger charge is -2.33. The van der Waals surface area contributed by atoms with Crippen molar-refractivity contribution in [2.75, 3.05) is 32.1 Å². The Morgan fingerprint density at radius 1 is 1.00 bits per heavy atom. The van der Waals surface area contributed by atoms with E-state index in [-0.39, 0.29) is 0 Å². The lowest BCUT2D eigenvalue weighted by Crippen LogP contribution is -3.05. The van der Waals surface area contributed by atoms with Crippen LogP contribution in [0.25, 0.3) is 0 Å². The fourth-order valence-corrected chi connectivity index (χ4v) is 3.91. The van der Waals surface area contributed by atoms with Gasteiger partial charge in [-0.2, -0.15) is 13.2 Å². The summed E-state index contributed by atoms with van der Waals surface area (Å²) in [6, 6.07) is 11.9. The monoisotopic (exact) mass is 353 g/mol. The number of quaternary nitrogens is 1. The maximum Gasteiger partial charge on any atom is 0.416 e. The number of hydrogen-bond acceptors (Lipinski definition) is 2. The highest BCUT2D eigenvalue weighted by atomic mass is 32.2. The van der Waals surface area contributed by atoms with Gasteiger partial charge in [0.2, 0.25) is 0 Å². The van der Waals surface area contributed by atoms with E-state index in [9.17, 15) is 13.2 Å². The average Bonchev–Trinajstić information content (AvgIpc) is 2.52. The molecule has 1 N–H and O–H groups in total. The summed E-state index contributed by atoms with van der Waals surface area (Å²) < 4.78 is 39.3. The predicted octanol–water partition coefficient (Wildman–Crippen LogP) is 3.84. The third kappa shape index (κ3) is 3.54. The van der Waals surface area contributed by atoms with E-state index in [2.05, 4.69) is 14.1 Å². The number of fused-ring (bicyclic) bond motifs is 2. The smallest absolute Gasteiger partial charge is 0.340 e. The van der Waals surface area contributed by atoms with Gasteiger partial charge in [0, 0.05) is 22.8 Å². The molecule has 6 heteroatoms. The van der Waals surface area contributed by atoms with E-state index in [1.165, 1.54) is 28.8 Å². The van der Waals surface area contributed by atoms with Gasteiger partial charge in [0.25, 0.3) is 0 Å². The van der Waals surface area contributed by atoms with Gasteiger partial charge in [-0.15, -0.1) is 0 Å². The van der Waals surface area contributed by atoms with Crippen molar-refractivity contribution in [3.05, 3.63) is 48.0 Å². The summed E-state index contributed by atoms with van der Waals surface area (Å²) in [5, 5.41) is 0.